The number of alkyl halides is 4. The summed E-state index contributed by atoms with van der Waals surface area (Å²) >= 11 is 7.27. The van der Waals surface area contributed by atoms with E-state index in [9.17, 15) is 18.0 Å². The third-order valence-electron chi connectivity index (χ3n) is 1.76. The SMILES string of the molecule is COC(=O)c1nc(I)cc(CCl)c1OC(F)(F)F. The Morgan fingerprint density at radius 1 is 1.56 bits per heavy atom. The van der Waals surface area contributed by atoms with Gasteiger partial charge in [0.1, 0.15) is 3.70 Å². The molecule has 0 aliphatic heterocycles. The van der Waals surface area contributed by atoms with Crippen molar-refractivity contribution in [2.45, 2.75) is 12.2 Å². The maximum atomic E-state index is 12.3. The first-order valence-electron chi connectivity index (χ1n) is 4.38. The van der Waals surface area contributed by atoms with Crippen molar-refractivity contribution in [1.29, 1.82) is 0 Å². The van der Waals surface area contributed by atoms with Crippen molar-refractivity contribution in [2.75, 3.05) is 7.11 Å². The number of esters is 1. The minimum absolute atomic E-state index is 0.00814. The molecule has 0 N–H and O–H groups in total. The van der Waals surface area contributed by atoms with Gasteiger partial charge in [0.2, 0.25) is 0 Å². The number of pyridine rings is 1. The highest BCUT2D eigenvalue weighted by atomic mass is 127. The minimum Gasteiger partial charge on any atom is -0.464 e. The molecule has 0 aliphatic rings. The van der Waals surface area contributed by atoms with Crippen LogP contribution >= 0.6 is 34.2 Å². The van der Waals surface area contributed by atoms with Gasteiger partial charge in [0.15, 0.2) is 11.4 Å². The largest absolute Gasteiger partial charge is 0.573 e. The zero-order valence-corrected chi connectivity index (χ0v) is 11.8. The number of carbonyl (C=O) groups is 1. The Labute approximate surface area is 119 Å². The summed E-state index contributed by atoms with van der Waals surface area (Å²) in [5, 5.41) is 0. The van der Waals surface area contributed by atoms with Gasteiger partial charge in [0.25, 0.3) is 0 Å². The van der Waals surface area contributed by atoms with E-state index in [0.29, 0.717) is 3.70 Å². The molecule has 0 fully saturated rings. The summed E-state index contributed by atoms with van der Waals surface area (Å²) in [5.74, 6) is -2.02. The molecular weight excluding hydrogens is 389 g/mol. The molecule has 0 unspecified atom stereocenters. The lowest BCUT2D eigenvalue weighted by molar-refractivity contribution is -0.275. The van der Waals surface area contributed by atoms with E-state index in [-0.39, 0.29) is 11.4 Å². The Hall–Kier alpha value is -0.770. The molecule has 0 radical (unpaired) electrons. The quantitative estimate of drug-likeness (QED) is 0.342. The van der Waals surface area contributed by atoms with Crippen LogP contribution in [0.15, 0.2) is 6.07 Å². The van der Waals surface area contributed by atoms with E-state index in [0.717, 1.165) is 7.11 Å². The molecule has 0 bridgehead atoms. The Morgan fingerprint density at radius 2 is 2.17 bits per heavy atom. The minimum atomic E-state index is -4.95. The maximum absolute atomic E-state index is 12.3. The fourth-order valence-electron chi connectivity index (χ4n) is 1.12. The normalized spacial score (nSPS) is 11.2. The summed E-state index contributed by atoms with van der Waals surface area (Å²) in [6.45, 7) is 0. The lowest BCUT2D eigenvalue weighted by atomic mass is 10.2. The fraction of sp³-hybridized carbons (Fsp3) is 0.333. The third kappa shape index (κ3) is 3.87. The van der Waals surface area contributed by atoms with Crippen molar-refractivity contribution in [1.82, 2.24) is 4.98 Å². The Balaban J connectivity index is 3.38. The van der Waals surface area contributed by atoms with Crippen molar-refractivity contribution in [3.63, 3.8) is 0 Å². The predicted octanol–water partition coefficient (Wildman–Crippen LogP) is 3.11. The van der Waals surface area contributed by atoms with Gasteiger partial charge in [-0.1, -0.05) is 0 Å². The molecule has 100 valence electrons. The van der Waals surface area contributed by atoms with Crippen LogP contribution in [-0.2, 0) is 10.6 Å². The second-order valence-corrected chi connectivity index (χ2v) is 4.33. The highest BCUT2D eigenvalue weighted by Crippen LogP contribution is 2.31. The number of aromatic nitrogens is 1. The molecule has 0 aliphatic carbocycles. The van der Waals surface area contributed by atoms with Gasteiger partial charge in [-0.3, -0.25) is 0 Å². The van der Waals surface area contributed by atoms with Crippen LogP contribution in [0, 0.1) is 3.70 Å². The van der Waals surface area contributed by atoms with Crippen molar-refractivity contribution < 1.29 is 27.4 Å². The number of halogens is 5. The van der Waals surface area contributed by atoms with Crippen LogP contribution in [0.25, 0.3) is 0 Å². The highest BCUT2D eigenvalue weighted by molar-refractivity contribution is 14.1. The van der Waals surface area contributed by atoms with Gasteiger partial charge < -0.3 is 9.47 Å². The lowest BCUT2D eigenvalue weighted by Crippen LogP contribution is -2.21. The van der Waals surface area contributed by atoms with Gasteiger partial charge in [0, 0.05) is 5.56 Å². The molecular formula is C9H6ClF3INO3. The second-order valence-electron chi connectivity index (χ2n) is 2.95. The first-order valence-corrected chi connectivity index (χ1v) is 5.99. The molecule has 0 saturated heterocycles. The van der Waals surface area contributed by atoms with Crippen molar-refractivity contribution in [3.05, 3.63) is 21.0 Å². The van der Waals surface area contributed by atoms with E-state index >= 15 is 0 Å². The van der Waals surface area contributed by atoms with Crippen molar-refractivity contribution in [2.24, 2.45) is 0 Å². The molecule has 9 heteroatoms. The first kappa shape index (κ1) is 15.3. The van der Waals surface area contributed by atoms with E-state index in [2.05, 4.69) is 14.5 Å². The Kier molecular flexibility index (Phi) is 5.02. The first-order chi connectivity index (χ1) is 8.28. The van der Waals surface area contributed by atoms with E-state index in [4.69, 9.17) is 11.6 Å². The predicted molar refractivity (Wildman–Crippen MR) is 64.5 cm³/mol. The number of hydrogen-bond donors (Lipinski definition) is 0. The topological polar surface area (TPSA) is 48.4 Å². The average Bonchev–Trinajstić information content (AvgIpc) is 2.28. The summed E-state index contributed by atoms with van der Waals surface area (Å²) in [7, 11) is 1.03. The van der Waals surface area contributed by atoms with Crippen LogP contribution in [0.2, 0.25) is 0 Å². The zero-order chi connectivity index (χ0) is 13.9. The molecule has 1 aromatic heterocycles. The molecule has 0 saturated carbocycles. The lowest BCUT2D eigenvalue weighted by Gasteiger charge is -2.14. The van der Waals surface area contributed by atoms with Gasteiger partial charge in [-0.25, -0.2) is 9.78 Å². The number of hydrogen-bond acceptors (Lipinski definition) is 4. The standard InChI is InChI=1S/C9H6ClF3INO3/c1-17-8(16)6-7(18-9(11,12)13)4(3-10)2-5(14)15-6/h2H,3H2,1H3. The van der Waals surface area contributed by atoms with E-state index in [1.165, 1.54) is 6.07 Å². The van der Waals surface area contributed by atoms with Crippen molar-refractivity contribution in [3.8, 4) is 5.75 Å². The summed E-state index contributed by atoms with van der Waals surface area (Å²) < 4.78 is 45.2. The smallest absolute Gasteiger partial charge is 0.464 e. The molecule has 1 rings (SSSR count). The third-order valence-corrected chi connectivity index (χ3v) is 2.60. The molecule has 0 atom stereocenters. The Bertz CT molecular complexity index is 467. The number of methoxy groups -OCH3 is 1. The zero-order valence-electron chi connectivity index (χ0n) is 8.85. The molecule has 0 aromatic carbocycles. The van der Waals surface area contributed by atoms with Crippen molar-refractivity contribution >= 4 is 40.2 Å². The molecule has 18 heavy (non-hydrogen) atoms. The molecule has 1 aromatic rings. The number of ether oxygens (including phenoxy) is 2. The van der Waals surface area contributed by atoms with E-state index in [1.807, 2.05) is 0 Å². The molecule has 1 heterocycles. The average molecular weight is 396 g/mol. The Morgan fingerprint density at radius 3 is 2.61 bits per heavy atom. The van der Waals surface area contributed by atoms with Crippen LogP contribution in [0.4, 0.5) is 13.2 Å². The number of rotatable bonds is 3. The monoisotopic (exact) mass is 395 g/mol. The van der Waals surface area contributed by atoms with Gasteiger partial charge in [-0.2, -0.15) is 0 Å². The van der Waals surface area contributed by atoms with Crippen LogP contribution in [0.5, 0.6) is 5.75 Å². The van der Waals surface area contributed by atoms with Crippen LogP contribution < -0.4 is 4.74 Å². The molecule has 4 nitrogen and oxygen atoms in total. The number of carbonyl (C=O) groups excluding carboxylic acids is 1. The van der Waals surface area contributed by atoms with E-state index < -0.39 is 23.8 Å². The molecule has 0 amide bonds. The van der Waals surface area contributed by atoms with Gasteiger partial charge in [-0.15, -0.1) is 24.8 Å². The highest BCUT2D eigenvalue weighted by Gasteiger charge is 2.35. The van der Waals surface area contributed by atoms with Crippen LogP contribution in [0.1, 0.15) is 16.1 Å². The molecule has 0 spiro atoms. The summed E-state index contributed by atoms with van der Waals surface area (Å²) in [5.41, 5.74) is -0.550. The van der Waals surface area contributed by atoms with Gasteiger partial charge >= 0.3 is 12.3 Å². The summed E-state index contributed by atoms with van der Waals surface area (Å²) in [6, 6.07) is 1.29. The van der Waals surface area contributed by atoms with Crippen LogP contribution in [0.3, 0.4) is 0 Å². The number of nitrogens with zero attached hydrogens (tertiary/aromatic N) is 1. The van der Waals surface area contributed by atoms with Crippen LogP contribution in [-0.4, -0.2) is 24.4 Å². The fourth-order valence-corrected chi connectivity index (χ4v) is 1.93. The summed E-state index contributed by atoms with van der Waals surface area (Å²) in [4.78, 5) is 15.0. The summed E-state index contributed by atoms with van der Waals surface area (Å²) in [6.07, 6.45) is -4.95. The maximum Gasteiger partial charge on any atom is 0.573 e. The van der Waals surface area contributed by atoms with E-state index in [1.54, 1.807) is 22.6 Å². The van der Waals surface area contributed by atoms with Gasteiger partial charge in [-0.05, 0) is 28.7 Å². The second kappa shape index (κ2) is 5.91. The van der Waals surface area contributed by atoms with Gasteiger partial charge in [0.05, 0.1) is 13.0 Å².